The lowest BCUT2D eigenvalue weighted by molar-refractivity contribution is -0.131. The van der Waals surface area contributed by atoms with Crippen molar-refractivity contribution in [2.45, 2.75) is 31.4 Å². The summed E-state index contributed by atoms with van der Waals surface area (Å²) in [5.41, 5.74) is 14.4. The second-order valence-corrected chi connectivity index (χ2v) is 11.8. The zero-order chi connectivity index (χ0) is 32.0. The highest BCUT2D eigenvalue weighted by molar-refractivity contribution is 7.89. The van der Waals surface area contributed by atoms with Gasteiger partial charge in [0, 0.05) is 51.4 Å². The van der Waals surface area contributed by atoms with E-state index in [1.165, 1.54) is 39.1 Å². The van der Waals surface area contributed by atoms with Gasteiger partial charge in [0.05, 0.1) is 11.4 Å². The molecular formula is C31H40N6O6S. The summed E-state index contributed by atoms with van der Waals surface area (Å²) in [6.07, 6.45) is -0.345. The van der Waals surface area contributed by atoms with Gasteiger partial charge in [-0.25, -0.2) is 17.9 Å². The Morgan fingerprint density at radius 2 is 1.50 bits per heavy atom. The molecule has 4 rings (SSSR count). The average Bonchev–Trinajstić information content (AvgIpc) is 3.03. The third kappa shape index (κ3) is 11.1. The molecule has 236 valence electrons. The number of benzene rings is 3. The Labute approximate surface area is 258 Å². The minimum atomic E-state index is -3.98. The number of hydrogen-bond donors (Lipinski definition) is 4. The van der Waals surface area contributed by atoms with Crippen LogP contribution < -0.4 is 21.5 Å². The lowest BCUT2D eigenvalue weighted by Crippen LogP contribution is -2.52. The number of piperazine rings is 1. The van der Waals surface area contributed by atoms with Crippen molar-refractivity contribution in [3.8, 4) is 0 Å². The van der Waals surface area contributed by atoms with Gasteiger partial charge in [0.25, 0.3) is 0 Å². The van der Waals surface area contributed by atoms with E-state index in [0.29, 0.717) is 12.2 Å². The summed E-state index contributed by atoms with van der Waals surface area (Å²) in [5.74, 6) is -0.730. The number of amides is 3. The van der Waals surface area contributed by atoms with E-state index in [1.807, 2.05) is 42.5 Å². The van der Waals surface area contributed by atoms with E-state index in [1.54, 1.807) is 6.07 Å². The van der Waals surface area contributed by atoms with E-state index in [-0.39, 0.29) is 56.6 Å². The minimum Gasteiger partial charge on any atom is -0.445 e. The molecule has 0 radical (unpaired) electrons. The van der Waals surface area contributed by atoms with Crippen molar-refractivity contribution in [1.82, 2.24) is 14.5 Å². The molecule has 1 fully saturated rings. The number of nitrogens with zero attached hydrogens (tertiary/aromatic N) is 2. The van der Waals surface area contributed by atoms with Gasteiger partial charge in [0.2, 0.25) is 21.8 Å². The van der Waals surface area contributed by atoms with Crippen LogP contribution in [0.1, 0.15) is 23.1 Å². The number of sulfonamides is 1. The van der Waals surface area contributed by atoms with E-state index in [2.05, 4.69) is 29.1 Å². The number of ether oxygens (including phenoxy) is 1. The highest BCUT2D eigenvalue weighted by atomic mass is 32.2. The maximum absolute atomic E-state index is 12.6. The fourth-order valence-electron chi connectivity index (χ4n) is 4.24. The van der Waals surface area contributed by atoms with Crippen LogP contribution in [0.2, 0.25) is 0 Å². The quantitative estimate of drug-likeness (QED) is 0.265. The predicted octanol–water partition coefficient (Wildman–Crippen LogP) is 2.19. The van der Waals surface area contributed by atoms with Gasteiger partial charge in [-0.15, -0.1) is 0 Å². The van der Waals surface area contributed by atoms with Crippen LogP contribution in [0.5, 0.6) is 0 Å². The largest absolute Gasteiger partial charge is 0.445 e. The Bertz CT molecular complexity index is 1490. The van der Waals surface area contributed by atoms with Gasteiger partial charge in [-0.1, -0.05) is 66.2 Å². The predicted molar refractivity (Wildman–Crippen MR) is 168 cm³/mol. The van der Waals surface area contributed by atoms with Crippen LogP contribution >= 0.6 is 0 Å². The van der Waals surface area contributed by atoms with Crippen molar-refractivity contribution >= 4 is 33.6 Å². The lowest BCUT2D eigenvalue weighted by Gasteiger charge is -2.34. The van der Waals surface area contributed by atoms with Crippen LogP contribution in [0, 0.1) is 6.92 Å². The SMILES string of the molecule is Cc1cccc(CN)c1.NCCC(=O)Nc1cccc(S(=O)(=O)NCC(=O)N2CCN(C(=O)OCc3ccccc3)CC2)c1. The molecule has 44 heavy (non-hydrogen) atoms. The highest BCUT2D eigenvalue weighted by Gasteiger charge is 2.26. The van der Waals surface area contributed by atoms with Gasteiger partial charge in [0.1, 0.15) is 6.61 Å². The normalized spacial score (nSPS) is 13.0. The molecule has 0 aromatic heterocycles. The summed E-state index contributed by atoms with van der Waals surface area (Å²) >= 11 is 0. The van der Waals surface area contributed by atoms with Crippen LogP contribution in [0.4, 0.5) is 10.5 Å². The van der Waals surface area contributed by atoms with E-state index in [9.17, 15) is 22.8 Å². The standard InChI is InChI=1S/C23H29N5O6S.C8H11N/c24-10-9-21(29)26-19-7-4-8-20(15-19)35(32,33)25-16-22(30)27-11-13-28(14-12-27)23(31)34-17-18-5-2-1-3-6-18;1-7-3-2-4-8(5-7)6-9/h1-8,15,25H,9-14,16-17,24H2,(H,26,29);2-5H,6,9H2,1H3. The average molecular weight is 625 g/mol. The van der Waals surface area contributed by atoms with Gasteiger partial charge >= 0.3 is 6.09 Å². The fraction of sp³-hybridized carbons (Fsp3) is 0.323. The maximum Gasteiger partial charge on any atom is 0.410 e. The number of rotatable bonds is 10. The molecule has 12 nitrogen and oxygen atoms in total. The summed E-state index contributed by atoms with van der Waals surface area (Å²) in [5, 5.41) is 2.57. The first kappa shape index (κ1) is 34.2. The Morgan fingerprint density at radius 3 is 2.14 bits per heavy atom. The van der Waals surface area contributed by atoms with Crippen LogP contribution in [0.25, 0.3) is 0 Å². The maximum atomic E-state index is 12.6. The molecule has 0 saturated carbocycles. The lowest BCUT2D eigenvalue weighted by atomic mass is 10.1. The monoisotopic (exact) mass is 624 g/mol. The van der Waals surface area contributed by atoms with Crippen LogP contribution in [-0.4, -0.2) is 75.4 Å². The molecule has 3 aromatic rings. The Hall–Kier alpha value is -4.30. The molecule has 3 aromatic carbocycles. The van der Waals surface area contributed by atoms with Crippen molar-refractivity contribution in [2.24, 2.45) is 11.5 Å². The third-order valence-corrected chi connectivity index (χ3v) is 8.03. The molecule has 6 N–H and O–H groups in total. The molecule has 3 amide bonds. The summed E-state index contributed by atoms with van der Waals surface area (Å²) < 4.78 is 32.9. The Balaban J connectivity index is 0.000000502. The van der Waals surface area contributed by atoms with Crippen molar-refractivity contribution in [3.63, 3.8) is 0 Å². The zero-order valence-electron chi connectivity index (χ0n) is 24.8. The van der Waals surface area contributed by atoms with Crippen LogP contribution in [-0.2, 0) is 37.5 Å². The van der Waals surface area contributed by atoms with E-state index < -0.39 is 28.6 Å². The third-order valence-electron chi connectivity index (χ3n) is 6.63. The molecule has 1 aliphatic rings. The first-order chi connectivity index (χ1) is 21.1. The molecule has 1 heterocycles. The second kappa shape index (κ2) is 17.1. The van der Waals surface area contributed by atoms with Gasteiger partial charge < -0.3 is 31.3 Å². The molecular weight excluding hydrogens is 584 g/mol. The highest BCUT2D eigenvalue weighted by Crippen LogP contribution is 2.16. The summed E-state index contributed by atoms with van der Waals surface area (Å²) in [6, 6.07) is 23.3. The second-order valence-electron chi connectivity index (χ2n) is 10.0. The van der Waals surface area contributed by atoms with E-state index in [4.69, 9.17) is 16.2 Å². The van der Waals surface area contributed by atoms with Gasteiger partial charge in [0.15, 0.2) is 0 Å². The minimum absolute atomic E-state index is 0.0816. The number of hydrogen-bond acceptors (Lipinski definition) is 8. The summed E-state index contributed by atoms with van der Waals surface area (Å²) in [6.45, 7) is 3.74. The Kier molecular flexibility index (Phi) is 13.3. The van der Waals surface area contributed by atoms with Crippen LogP contribution in [0.15, 0.2) is 83.8 Å². The molecule has 1 aliphatic heterocycles. The molecule has 0 atom stereocenters. The van der Waals surface area contributed by atoms with E-state index >= 15 is 0 Å². The first-order valence-corrected chi connectivity index (χ1v) is 15.7. The molecule has 0 spiro atoms. The number of anilines is 1. The smallest absolute Gasteiger partial charge is 0.410 e. The van der Waals surface area contributed by atoms with Gasteiger partial charge in [-0.3, -0.25) is 9.59 Å². The number of aryl methyl sites for hydroxylation is 1. The number of carbonyl (C=O) groups is 3. The number of nitrogens with one attached hydrogen (secondary N) is 2. The van der Waals surface area contributed by atoms with Crippen LogP contribution in [0.3, 0.4) is 0 Å². The fourth-order valence-corrected chi connectivity index (χ4v) is 5.26. The van der Waals surface area contributed by atoms with Crippen molar-refractivity contribution in [3.05, 3.63) is 95.6 Å². The number of carbonyl (C=O) groups excluding carboxylic acids is 3. The van der Waals surface area contributed by atoms with Crippen molar-refractivity contribution < 1.29 is 27.5 Å². The zero-order valence-corrected chi connectivity index (χ0v) is 25.6. The molecule has 1 saturated heterocycles. The molecule has 13 heteroatoms. The topological polar surface area (TPSA) is 177 Å². The Morgan fingerprint density at radius 1 is 0.841 bits per heavy atom. The van der Waals surface area contributed by atoms with E-state index in [0.717, 1.165) is 5.56 Å². The van der Waals surface area contributed by atoms with Gasteiger partial charge in [-0.2, -0.15) is 0 Å². The summed E-state index contributed by atoms with van der Waals surface area (Å²) in [4.78, 5) is 39.4. The number of nitrogens with two attached hydrogens (primary N) is 2. The molecule has 0 unspecified atom stereocenters. The van der Waals surface area contributed by atoms with Crippen molar-refractivity contribution in [1.29, 1.82) is 0 Å². The summed E-state index contributed by atoms with van der Waals surface area (Å²) in [7, 11) is -3.98. The first-order valence-electron chi connectivity index (χ1n) is 14.2. The van der Waals surface area contributed by atoms with Crippen molar-refractivity contribution in [2.75, 3.05) is 44.6 Å². The van der Waals surface area contributed by atoms with Gasteiger partial charge in [-0.05, 0) is 36.2 Å². The molecule has 0 aliphatic carbocycles. The molecule has 0 bridgehead atoms.